The minimum absolute atomic E-state index is 0.263. The topological polar surface area (TPSA) is 37.4 Å². The number of nitrogens with zero attached hydrogens (tertiary/aromatic N) is 1. The van der Waals surface area contributed by atoms with E-state index in [9.17, 15) is 8.42 Å². The molecule has 0 aliphatic heterocycles. The van der Waals surface area contributed by atoms with Gasteiger partial charge in [0.1, 0.15) is 0 Å². The van der Waals surface area contributed by atoms with E-state index in [1.165, 1.54) is 4.31 Å². The van der Waals surface area contributed by atoms with Crippen molar-refractivity contribution in [2.24, 2.45) is 5.92 Å². The average Bonchev–Trinajstić information content (AvgIpc) is 2.59. The largest absolute Gasteiger partial charge is 0.244 e. The Morgan fingerprint density at radius 2 is 1.64 bits per heavy atom. The maximum absolute atomic E-state index is 13.3. The molecule has 2 rings (SSSR count). The zero-order valence-electron chi connectivity index (χ0n) is 15.0. The van der Waals surface area contributed by atoms with E-state index >= 15 is 0 Å². The molecule has 25 heavy (non-hydrogen) atoms. The third-order valence-corrected chi connectivity index (χ3v) is 5.91. The Hall–Kier alpha value is -2.09. The zero-order chi connectivity index (χ0) is 18.4. The molecule has 4 heteroatoms. The molecule has 0 amide bonds. The van der Waals surface area contributed by atoms with Crippen LogP contribution in [0.3, 0.4) is 0 Å². The number of terminal acetylenes is 1. The molecular formula is C21H25NO2S. The Kier molecular flexibility index (Phi) is 6.41. The molecule has 0 aliphatic rings. The third-order valence-electron chi connectivity index (χ3n) is 4.04. The van der Waals surface area contributed by atoms with Gasteiger partial charge >= 0.3 is 0 Å². The summed E-state index contributed by atoms with van der Waals surface area (Å²) in [6, 6.07) is 16.0. The summed E-state index contributed by atoms with van der Waals surface area (Å²) < 4.78 is 28.0. The maximum atomic E-state index is 13.3. The van der Waals surface area contributed by atoms with Gasteiger partial charge in [-0.15, -0.1) is 6.42 Å². The first-order valence-corrected chi connectivity index (χ1v) is 9.87. The van der Waals surface area contributed by atoms with Crippen LogP contribution in [-0.4, -0.2) is 18.8 Å². The van der Waals surface area contributed by atoms with Crippen LogP contribution in [0.2, 0.25) is 0 Å². The quantitative estimate of drug-likeness (QED) is 0.697. The van der Waals surface area contributed by atoms with Crippen LogP contribution in [0, 0.1) is 25.2 Å². The lowest BCUT2D eigenvalue weighted by molar-refractivity contribution is 0.324. The molecule has 0 saturated heterocycles. The summed E-state index contributed by atoms with van der Waals surface area (Å²) in [6.45, 7) is 6.28. The van der Waals surface area contributed by atoms with E-state index in [0.717, 1.165) is 11.1 Å². The Morgan fingerprint density at radius 1 is 1.04 bits per heavy atom. The molecule has 0 aliphatic carbocycles. The van der Waals surface area contributed by atoms with Gasteiger partial charge in [0.25, 0.3) is 0 Å². The number of sulfonamides is 1. The minimum atomic E-state index is -3.68. The summed E-state index contributed by atoms with van der Waals surface area (Å²) in [5, 5.41) is 0. The molecule has 0 N–H and O–H groups in total. The van der Waals surface area contributed by atoms with E-state index in [-0.39, 0.29) is 11.4 Å². The first-order chi connectivity index (χ1) is 11.8. The van der Waals surface area contributed by atoms with Crippen LogP contribution in [0.15, 0.2) is 59.5 Å². The second-order valence-corrected chi connectivity index (χ2v) is 8.55. The van der Waals surface area contributed by atoms with Crippen LogP contribution in [0.25, 0.3) is 0 Å². The van der Waals surface area contributed by atoms with E-state index in [1.807, 2.05) is 51.1 Å². The fourth-order valence-corrected chi connectivity index (χ4v) is 4.24. The van der Waals surface area contributed by atoms with Crippen molar-refractivity contribution < 1.29 is 8.42 Å². The number of aryl methyl sites for hydroxylation is 1. The molecule has 0 spiro atoms. The Labute approximate surface area is 151 Å². The van der Waals surface area contributed by atoms with Gasteiger partial charge in [0.05, 0.1) is 10.9 Å². The molecule has 0 bridgehead atoms. The zero-order valence-corrected chi connectivity index (χ0v) is 15.8. The Morgan fingerprint density at radius 3 is 2.16 bits per heavy atom. The van der Waals surface area contributed by atoms with Crippen molar-refractivity contribution in [1.82, 2.24) is 4.31 Å². The molecule has 2 aromatic carbocycles. The number of hydrogen-bond acceptors (Lipinski definition) is 2. The average molecular weight is 356 g/mol. The highest BCUT2D eigenvalue weighted by Gasteiger charge is 2.31. The molecule has 0 fully saturated rings. The van der Waals surface area contributed by atoms with E-state index in [4.69, 9.17) is 6.42 Å². The molecule has 3 nitrogen and oxygen atoms in total. The second kappa shape index (κ2) is 8.33. The first-order valence-electron chi connectivity index (χ1n) is 8.43. The van der Waals surface area contributed by atoms with Crippen molar-refractivity contribution in [3.8, 4) is 12.3 Å². The fraction of sp³-hybridized carbons (Fsp3) is 0.333. The molecule has 0 radical (unpaired) electrons. The molecule has 1 atom stereocenters. The molecule has 0 aromatic heterocycles. The van der Waals surface area contributed by atoms with E-state index in [0.29, 0.717) is 12.3 Å². The maximum Gasteiger partial charge on any atom is 0.244 e. The molecule has 132 valence electrons. The minimum Gasteiger partial charge on any atom is -0.207 e. The van der Waals surface area contributed by atoms with Crippen molar-refractivity contribution in [2.75, 3.05) is 0 Å². The molecule has 1 unspecified atom stereocenters. The van der Waals surface area contributed by atoms with Gasteiger partial charge in [-0.25, -0.2) is 8.42 Å². The van der Waals surface area contributed by atoms with E-state index in [2.05, 4.69) is 5.92 Å². The molecular weight excluding hydrogens is 330 g/mol. The summed E-state index contributed by atoms with van der Waals surface area (Å²) in [5.74, 6) is 2.99. The highest BCUT2D eigenvalue weighted by molar-refractivity contribution is 7.89. The fourth-order valence-electron chi connectivity index (χ4n) is 2.69. The first kappa shape index (κ1) is 19.2. The van der Waals surface area contributed by atoms with Crippen molar-refractivity contribution >= 4 is 10.0 Å². The molecule has 0 heterocycles. The lowest BCUT2D eigenvalue weighted by Crippen LogP contribution is -2.39. The summed E-state index contributed by atoms with van der Waals surface area (Å²) in [5.41, 5.74) is 1.94. The van der Waals surface area contributed by atoms with Crippen LogP contribution in [0.5, 0.6) is 0 Å². The van der Waals surface area contributed by atoms with Crippen LogP contribution in [0.4, 0.5) is 0 Å². The third kappa shape index (κ3) is 4.94. The number of benzene rings is 2. The van der Waals surface area contributed by atoms with Gasteiger partial charge in [0.2, 0.25) is 10.0 Å². The standard InChI is InChI=1S/C21H25NO2S/c1-5-20(15-17(2)3)22(16-19-9-7-6-8-10-19)25(23,24)21-13-11-18(4)12-14-21/h1,6-14,17,20H,15-16H2,2-4H3. The highest BCUT2D eigenvalue weighted by Crippen LogP contribution is 2.24. The van der Waals surface area contributed by atoms with Crippen molar-refractivity contribution in [3.05, 3.63) is 65.7 Å². The van der Waals surface area contributed by atoms with Gasteiger partial charge in [0, 0.05) is 6.54 Å². The molecule has 2 aromatic rings. The Bertz CT molecular complexity index is 818. The van der Waals surface area contributed by atoms with Crippen LogP contribution < -0.4 is 0 Å². The van der Waals surface area contributed by atoms with Crippen molar-refractivity contribution in [3.63, 3.8) is 0 Å². The smallest absolute Gasteiger partial charge is 0.207 e. The van der Waals surface area contributed by atoms with Gasteiger partial charge in [-0.05, 0) is 37.0 Å². The summed E-state index contributed by atoms with van der Waals surface area (Å²) in [7, 11) is -3.68. The van der Waals surface area contributed by atoms with Crippen molar-refractivity contribution in [2.45, 2.75) is 44.7 Å². The Balaban J connectivity index is 2.45. The number of hydrogen-bond donors (Lipinski definition) is 0. The van der Waals surface area contributed by atoms with Gasteiger partial charge in [-0.2, -0.15) is 4.31 Å². The normalized spacial score (nSPS) is 13.0. The second-order valence-electron chi connectivity index (χ2n) is 6.66. The van der Waals surface area contributed by atoms with Gasteiger partial charge in [0.15, 0.2) is 0 Å². The summed E-state index contributed by atoms with van der Waals surface area (Å²) >= 11 is 0. The summed E-state index contributed by atoms with van der Waals surface area (Å²) in [6.07, 6.45) is 6.34. The van der Waals surface area contributed by atoms with Crippen LogP contribution >= 0.6 is 0 Å². The van der Waals surface area contributed by atoms with E-state index in [1.54, 1.807) is 24.3 Å². The van der Waals surface area contributed by atoms with E-state index < -0.39 is 16.1 Å². The lowest BCUT2D eigenvalue weighted by atomic mass is 10.0. The van der Waals surface area contributed by atoms with Gasteiger partial charge < -0.3 is 0 Å². The SMILES string of the molecule is C#CC(CC(C)C)N(Cc1ccccc1)S(=O)(=O)c1ccc(C)cc1. The highest BCUT2D eigenvalue weighted by atomic mass is 32.2. The monoisotopic (exact) mass is 355 g/mol. The van der Waals surface area contributed by atoms with Crippen molar-refractivity contribution in [1.29, 1.82) is 0 Å². The predicted molar refractivity (Wildman–Crippen MR) is 102 cm³/mol. The van der Waals surface area contributed by atoms with Gasteiger partial charge in [-0.3, -0.25) is 0 Å². The van der Waals surface area contributed by atoms with Crippen LogP contribution in [0.1, 0.15) is 31.4 Å². The van der Waals surface area contributed by atoms with Gasteiger partial charge in [-0.1, -0.05) is 67.8 Å². The molecule has 0 saturated carbocycles. The van der Waals surface area contributed by atoms with Crippen LogP contribution in [-0.2, 0) is 16.6 Å². The number of rotatable bonds is 7. The lowest BCUT2D eigenvalue weighted by Gasteiger charge is -2.29. The summed E-state index contributed by atoms with van der Waals surface area (Å²) in [4.78, 5) is 0.276. The predicted octanol–water partition coefficient (Wildman–Crippen LogP) is 4.23.